The quantitative estimate of drug-likeness (QED) is 0.351. The van der Waals surface area contributed by atoms with Gasteiger partial charge in [0.1, 0.15) is 63.1 Å². The van der Waals surface area contributed by atoms with E-state index in [0.29, 0.717) is 26.3 Å². The van der Waals surface area contributed by atoms with E-state index in [0.717, 1.165) is 24.6 Å². The predicted octanol–water partition coefficient (Wildman–Crippen LogP) is -0.390. The summed E-state index contributed by atoms with van der Waals surface area (Å²) in [5.41, 5.74) is 2.37. The van der Waals surface area contributed by atoms with E-state index in [1.165, 1.54) is 11.1 Å². The molecule has 0 aliphatic rings. The van der Waals surface area contributed by atoms with Gasteiger partial charge in [-0.25, -0.2) is 0 Å². The third kappa shape index (κ3) is 9.19. The molecule has 0 heterocycles. The average Bonchev–Trinajstić information content (AvgIpc) is 2.69. The first-order valence-electron chi connectivity index (χ1n) is 9.91. The van der Waals surface area contributed by atoms with Gasteiger partial charge >= 0.3 is 0 Å². The largest absolute Gasteiger partial charge is 0.491 e. The zero-order valence-corrected chi connectivity index (χ0v) is 16.9. The van der Waals surface area contributed by atoms with Gasteiger partial charge in [0, 0.05) is 0 Å². The maximum atomic E-state index is 9.98. The second-order valence-corrected chi connectivity index (χ2v) is 7.18. The van der Waals surface area contributed by atoms with E-state index in [-0.39, 0.29) is 0 Å². The molecule has 2 rings (SSSR count). The van der Waals surface area contributed by atoms with Crippen molar-refractivity contribution in [3.05, 3.63) is 59.7 Å². The zero-order chi connectivity index (χ0) is 20.2. The van der Waals surface area contributed by atoms with E-state index in [2.05, 4.69) is 10.6 Å². The summed E-state index contributed by atoms with van der Waals surface area (Å²) in [6.07, 6.45) is -1.01. The van der Waals surface area contributed by atoms with E-state index in [1.807, 2.05) is 62.4 Å². The lowest BCUT2D eigenvalue weighted by Gasteiger charge is -2.12. The van der Waals surface area contributed by atoms with Crippen molar-refractivity contribution in [2.75, 3.05) is 39.4 Å². The first-order valence-corrected chi connectivity index (χ1v) is 9.91. The summed E-state index contributed by atoms with van der Waals surface area (Å²) in [5.74, 6) is 1.56. The van der Waals surface area contributed by atoms with E-state index < -0.39 is 12.2 Å². The first kappa shape index (κ1) is 22.2. The molecule has 154 valence electrons. The van der Waals surface area contributed by atoms with Gasteiger partial charge in [-0.2, -0.15) is 0 Å². The number of hydrogen-bond acceptors (Lipinski definition) is 4. The Labute approximate surface area is 167 Å². The van der Waals surface area contributed by atoms with Gasteiger partial charge in [-0.1, -0.05) is 35.4 Å². The molecule has 6 N–H and O–H groups in total. The third-order valence-electron chi connectivity index (χ3n) is 4.38. The van der Waals surface area contributed by atoms with Gasteiger partial charge in [0.15, 0.2) is 0 Å². The van der Waals surface area contributed by atoms with E-state index in [9.17, 15) is 10.2 Å². The molecule has 0 fully saturated rings. The molecule has 0 saturated carbocycles. The minimum Gasteiger partial charge on any atom is -0.491 e. The molecular weight excluding hydrogens is 356 g/mol. The lowest BCUT2D eigenvalue weighted by atomic mass is 10.2. The standard InChI is InChI=1S/C22H32N2O4/c1-17-3-7-21(8-4-17)27-15-19(25)13-23-11-12-24-14-20(26)16-28-22-9-5-18(2)6-10-22/h3-10,19-20,23-26H,11-16H2,1-2H3/p+2/t19-,20+. The Morgan fingerprint density at radius 1 is 0.679 bits per heavy atom. The topological polar surface area (TPSA) is 92.1 Å². The van der Waals surface area contributed by atoms with Crippen LogP contribution in [-0.2, 0) is 0 Å². The maximum Gasteiger partial charge on any atom is 0.137 e. The van der Waals surface area contributed by atoms with Crippen molar-refractivity contribution in [3.8, 4) is 11.5 Å². The van der Waals surface area contributed by atoms with Gasteiger partial charge in [-0.15, -0.1) is 0 Å². The van der Waals surface area contributed by atoms with Gasteiger partial charge in [0.25, 0.3) is 0 Å². The first-order chi connectivity index (χ1) is 13.5. The van der Waals surface area contributed by atoms with Crippen LogP contribution in [0.1, 0.15) is 11.1 Å². The number of benzene rings is 2. The highest BCUT2D eigenvalue weighted by Crippen LogP contribution is 2.12. The third-order valence-corrected chi connectivity index (χ3v) is 4.38. The number of nitrogens with two attached hydrogens (primary N) is 2. The van der Waals surface area contributed by atoms with Gasteiger partial charge in [0.05, 0.1) is 0 Å². The molecule has 28 heavy (non-hydrogen) atoms. The summed E-state index contributed by atoms with van der Waals surface area (Å²) in [5, 5.41) is 24.1. The fourth-order valence-corrected chi connectivity index (χ4v) is 2.65. The SMILES string of the molecule is Cc1ccc(OC[C@H](O)C[NH2+]CC[NH2+]C[C@H](O)COc2ccc(C)cc2)cc1. The number of ether oxygens (including phenoxy) is 2. The van der Waals surface area contributed by atoms with Crippen LogP contribution in [0.25, 0.3) is 0 Å². The molecule has 0 aromatic heterocycles. The number of rotatable bonds is 13. The Bertz CT molecular complexity index is 602. The highest BCUT2D eigenvalue weighted by Gasteiger charge is 2.10. The average molecular weight is 391 g/mol. The summed E-state index contributed by atoms with van der Waals surface area (Å²) in [4.78, 5) is 0. The normalized spacial score (nSPS) is 13.1. The van der Waals surface area contributed by atoms with E-state index in [1.54, 1.807) is 0 Å². The van der Waals surface area contributed by atoms with Crippen molar-refractivity contribution >= 4 is 0 Å². The second-order valence-electron chi connectivity index (χ2n) is 7.18. The Balaban J connectivity index is 1.46. The summed E-state index contributed by atoms with van der Waals surface area (Å²) in [6, 6.07) is 15.6. The van der Waals surface area contributed by atoms with Gasteiger partial charge < -0.3 is 30.3 Å². The molecule has 2 aromatic carbocycles. The Hall–Kier alpha value is -2.12. The number of aryl methyl sites for hydroxylation is 2. The molecule has 0 radical (unpaired) electrons. The number of quaternary nitrogens is 2. The van der Waals surface area contributed by atoms with Crippen LogP contribution in [0.15, 0.2) is 48.5 Å². The van der Waals surface area contributed by atoms with Crippen LogP contribution in [0.2, 0.25) is 0 Å². The summed E-state index contributed by atoms with van der Waals surface area (Å²) in [7, 11) is 0. The van der Waals surface area contributed by atoms with Crippen molar-refractivity contribution < 1.29 is 30.3 Å². The highest BCUT2D eigenvalue weighted by molar-refractivity contribution is 5.26. The summed E-state index contributed by atoms with van der Waals surface area (Å²) in [6.45, 7) is 7.57. The molecule has 2 aromatic rings. The molecule has 2 atom stereocenters. The van der Waals surface area contributed by atoms with Crippen molar-refractivity contribution in [1.82, 2.24) is 0 Å². The molecule has 0 amide bonds. The predicted molar refractivity (Wildman–Crippen MR) is 109 cm³/mol. The van der Waals surface area contributed by atoms with Gasteiger partial charge in [0.2, 0.25) is 0 Å². The van der Waals surface area contributed by atoms with Crippen LogP contribution in [0.5, 0.6) is 11.5 Å². The fourth-order valence-electron chi connectivity index (χ4n) is 2.65. The molecule has 0 saturated heterocycles. The van der Waals surface area contributed by atoms with Crippen molar-refractivity contribution in [2.24, 2.45) is 0 Å². The van der Waals surface area contributed by atoms with Crippen LogP contribution in [-0.4, -0.2) is 61.8 Å². The molecule has 0 unspecified atom stereocenters. The van der Waals surface area contributed by atoms with Gasteiger partial charge in [-0.05, 0) is 38.1 Å². The Morgan fingerprint density at radius 3 is 1.39 bits per heavy atom. The minimum absolute atomic E-state index is 0.290. The molecule has 0 bridgehead atoms. The molecule has 0 aliphatic carbocycles. The minimum atomic E-state index is -0.505. The summed E-state index contributed by atoms with van der Waals surface area (Å²) < 4.78 is 11.2. The smallest absolute Gasteiger partial charge is 0.137 e. The lowest BCUT2D eigenvalue weighted by molar-refractivity contribution is -0.728. The van der Waals surface area contributed by atoms with Crippen LogP contribution in [0, 0.1) is 13.8 Å². The van der Waals surface area contributed by atoms with Crippen LogP contribution in [0.4, 0.5) is 0 Å². The number of aliphatic hydroxyl groups is 2. The zero-order valence-electron chi connectivity index (χ0n) is 16.9. The Kier molecular flexibility index (Phi) is 9.79. The van der Waals surface area contributed by atoms with Crippen molar-refractivity contribution in [2.45, 2.75) is 26.1 Å². The van der Waals surface area contributed by atoms with E-state index >= 15 is 0 Å². The van der Waals surface area contributed by atoms with Crippen molar-refractivity contribution in [1.29, 1.82) is 0 Å². The second kappa shape index (κ2) is 12.4. The van der Waals surface area contributed by atoms with E-state index in [4.69, 9.17) is 9.47 Å². The van der Waals surface area contributed by atoms with Crippen molar-refractivity contribution in [3.63, 3.8) is 0 Å². The van der Waals surface area contributed by atoms with Gasteiger partial charge in [-0.3, -0.25) is 0 Å². The molecule has 0 aliphatic heterocycles. The van der Waals surface area contributed by atoms with Crippen LogP contribution < -0.4 is 20.1 Å². The Morgan fingerprint density at radius 2 is 1.04 bits per heavy atom. The maximum absolute atomic E-state index is 9.98. The molecule has 6 nitrogen and oxygen atoms in total. The monoisotopic (exact) mass is 390 g/mol. The summed E-state index contributed by atoms with van der Waals surface area (Å²) >= 11 is 0. The fraction of sp³-hybridized carbons (Fsp3) is 0.455. The van der Waals surface area contributed by atoms with Crippen LogP contribution in [0.3, 0.4) is 0 Å². The molecule has 6 heteroatoms. The molecule has 0 spiro atoms. The highest BCUT2D eigenvalue weighted by atomic mass is 16.5. The van der Waals surface area contributed by atoms with Crippen LogP contribution >= 0.6 is 0 Å². The number of hydrogen-bond donors (Lipinski definition) is 4. The molecular formula is C22H34N2O4+2. The lowest BCUT2D eigenvalue weighted by Crippen LogP contribution is -2.96. The number of aliphatic hydroxyl groups excluding tert-OH is 2.